The highest BCUT2D eigenvalue weighted by molar-refractivity contribution is 5.44. The number of benzene rings is 2. The quantitative estimate of drug-likeness (QED) is 0.666. The molecule has 1 atom stereocenters. The molecule has 1 unspecified atom stereocenters. The van der Waals surface area contributed by atoms with Gasteiger partial charge in [-0.3, -0.25) is 0 Å². The lowest BCUT2D eigenvalue weighted by atomic mass is 9.78. The van der Waals surface area contributed by atoms with Crippen molar-refractivity contribution >= 4 is 0 Å². The standard InChI is InChI=1S/C23H32O4/c1-16-12-19(14-24)22(20(13-16)15-25)27-11-10-26-21-8-6-18(7-9-21)17(2)23(3,4)5/h6-9,12-13,17,24-25H,10-11,14-15H2,1-5H3. The summed E-state index contributed by atoms with van der Waals surface area (Å²) in [5.41, 5.74) is 3.86. The van der Waals surface area contributed by atoms with Crippen LogP contribution in [-0.4, -0.2) is 23.4 Å². The highest BCUT2D eigenvalue weighted by atomic mass is 16.5. The molecular formula is C23H32O4. The summed E-state index contributed by atoms with van der Waals surface area (Å²) in [5, 5.41) is 19.1. The average molecular weight is 373 g/mol. The molecule has 2 aromatic rings. The van der Waals surface area contributed by atoms with Gasteiger partial charge in [-0.1, -0.05) is 57.5 Å². The van der Waals surface area contributed by atoms with Crippen LogP contribution in [0.3, 0.4) is 0 Å². The number of hydrogen-bond acceptors (Lipinski definition) is 4. The van der Waals surface area contributed by atoms with Gasteiger partial charge in [-0.05, 0) is 36.0 Å². The van der Waals surface area contributed by atoms with Gasteiger partial charge in [0.2, 0.25) is 0 Å². The van der Waals surface area contributed by atoms with Crippen LogP contribution in [-0.2, 0) is 13.2 Å². The molecule has 4 nitrogen and oxygen atoms in total. The Morgan fingerprint density at radius 3 is 1.89 bits per heavy atom. The van der Waals surface area contributed by atoms with Crippen LogP contribution in [0.1, 0.15) is 55.9 Å². The lowest BCUT2D eigenvalue weighted by Gasteiger charge is -2.27. The zero-order valence-corrected chi connectivity index (χ0v) is 17.1. The second-order valence-corrected chi connectivity index (χ2v) is 8.08. The number of aliphatic hydroxyl groups excluding tert-OH is 2. The molecule has 148 valence electrons. The van der Waals surface area contributed by atoms with Crippen molar-refractivity contribution in [1.82, 2.24) is 0 Å². The van der Waals surface area contributed by atoms with Crippen LogP contribution in [0.4, 0.5) is 0 Å². The Balaban J connectivity index is 1.92. The minimum absolute atomic E-state index is 0.127. The highest BCUT2D eigenvalue weighted by Gasteiger charge is 2.21. The Kier molecular flexibility index (Phi) is 7.28. The van der Waals surface area contributed by atoms with Crippen molar-refractivity contribution in [2.24, 2.45) is 5.41 Å². The molecule has 0 saturated heterocycles. The lowest BCUT2D eigenvalue weighted by molar-refractivity contribution is 0.202. The third-order valence-corrected chi connectivity index (χ3v) is 5.01. The summed E-state index contributed by atoms with van der Waals surface area (Å²) in [4.78, 5) is 0. The minimum atomic E-state index is -0.127. The van der Waals surface area contributed by atoms with Gasteiger partial charge in [-0.2, -0.15) is 0 Å². The molecule has 0 amide bonds. The van der Waals surface area contributed by atoms with Crippen molar-refractivity contribution in [2.45, 2.75) is 53.8 Å². The Morgan fingerprint density at radius 2 is 1.41 bits per heavy atom. The first-order chi connectivity index (χ1) is 12.8. The number of aryl methyl sites for hydroxylation is 1. The molecule has 0 saturated carbocycles. The van der Waals surface area contributed by atoms with Gasteiger partial charge < -0.3 is 19.7 Å². The van der Waals surface area contributed by atoms with E-state index in [1.807, 2.05) is 31.2 Å². The van der Waals surface area contributed by atoms with Gasteiger partial charge in [0.25, 0.3) is 0 Å². The van der Waals surface area contributed by atoms with Crippen LogP contribution in [0, 0.1) is 12.3 Å². The zero-order valence-electron chi connectivity index (χ0n) is 17.1. The molecule has 4 heteroatoms. The Hall–Kier alpha value is -2.04. The molecule has 2 rings (SSSR count). The summed E-state index contributed by atoms with van der Waals surface area (Å²) in [6.07, 6.45) is 0. The van der Waals surface area contributed by atoms with Crippen molar-refractivity contribution < 1.29 is 19.7 Å². The minimum Gasteiger partial charge on any atom is -0.490 e. The largest absolute Gasteiger partial charge is 0.490 e. The molecule has 0 spiro atoms. The number of hydrogen-bond donors (Lipinski definition) is 2. The van der Waals surface area contributed by atoms with E-state index in [1.54, 1.807) is 0 Å². The van der Waals surface area contributed by atoms with Gasteiger partial charge in [-0.25, -0.2) is 0 Å². The Morgan fingerprint density at radius 1 is 0.889 bits per heavy atom. The van der Waals surface area contributed by atoms with E-state index in [0.717, 1.165) is 11.3 Å². The molecule has 0 heterocycles. The molecule has 2 aromatic carbocycles. The smallest absolute Gasteiger partial charge is 0.130 e. The van der Waals surface area contributed by atoms with Gasteiger partial charge in [0.15, 0.2) is 0 Å². The van der Waals surface area contributed by atoms with Crippen LogP contribution in [0.5, 0.6) is 11.5 Å². The second kappa shape index (κ2) is 9.25. The first kappa shape index (κ1) is 21.3. The monoisotopic (exact) mass is 372 g/mol. The van der Waals surface area contributed by atoms with Crippen molar-refractivity contribution in [1.29, 1.82) is 0 Å². The fourth-order valence-corrected chi connectivity index (χ4v) is 3.00. The van der Waals surface area contributed by atoms with Crippen molar-refractivity contribution in [2.75, 3.05) is 13.2 Å². The predicted octanol–water partition coefficient (Wildman–Crippen LogP) is 4.59. The van der Waals surface area contributed by atoms with Crippen LogP contribution < -0.4 is 9.47 Å². The van der Waals surface area contributed by atoms with Gasteiger partial charge >= 0.3 is 0 Å². The average Bonchev–Trinajstić information content (AvgIpc) is 2.64. The Labute approximate surface area is 162 Å². The Bertz CT molecular complexity index is 704. The lowest BCUT2D eigenvalue weighted by Crippen LogP contribution is -2.15. The molecule has 27 heavy (non-hydrogen) atoms. The maximum Gasteiger partial charge on any atom is 0.130 e. The van der Waals surface area contributed by atoms with E-state index in [1.165, 1.54) is 5.56 Å². The van der Waals surface area contributed by atoms with E-state index < -0.39 is 0 Å². The molecule has 0 bridgehead atoms. The predicted molar refractivity (Wildman–Crippen MR) is 108 cm³/mol. The summed E-state index contributed by atoms with van der Waals surface area (Å²) in [5.74, 6) is 1.81. The second-order valence-electron chi connectivity index (χ2n) is 8.08. The number of rotatable bonds is 8. The number of ether oxygens (including phenoxy) is 2. The van der Waals surface area contributed by atoms with E-state index in [-0.39, 0.29) is 18.6 Å². The number of aliphatic hydroxyl groups is 2. The van der Waals surface area contributed by atoms with Crippen molar-refractivity contribution in [3.8, 4) is 11.5 Å². The SMILES string of the molecule is Cc1cc(CO)c(OCCOc2ccc(C(C)C(C)(C)C)cc2)c(CO)c1. The molecule has 0 aromatic heterocycles. The van der Waals surface area contributed by atoms with Crippen LogP contribution in [0.15, 0.2) is 36.4 Å². The maximum atomic E-state index is 9.53. The fourth-order valence-electron chi connectivity index (χ4n) is 3.00. The van der Waals surface area contributed by atoms with Crippen LogP contribution in [0.2, 0.25) is 0 Å². The van der Waals surface area contributed by atoms with E-state index >= 15 is 0 Å². The first-order valence-corrected chi connectivity index (χ1v) is 9.46. The molecule has 0 fully saturated rings. The van der Waals surface area contributed by atoms with Crippen LogP contribution in [0.25, 0.3) is 0 Å². The summed E-state index contributed by atoms with van der Waals surface area (Å²) in [6, 6.07) is 11.9. The normalized spacial score (nSPS) is 12.7. The van der Waals surface area contributed by atoms with E-state index in [0.29, 0.717) is 36.0 Å². The molecule has 0 radical (unpaired) electrons. The van der Waals surface area contributed by atoms with E-state index in [2.05, 4.69) is 39.8 Å². The van der Waals surface area contributed by atoms with Gasteiger partial charge in [0.1, 0.15) is 24.7 Å². The molecule has 0 aliphatic heterocycles. The summed E-state index contributed by atoms with van der Waals surface area (Å²) >= 11 is 0. The summed E-state index contributed by atoms with van der Waals surface area (Å²) in [6.45, 7) is 11.4. The maximum absolute atomic E-state index is 9.53. The van der Waals surface area contributed by atoms with E-state index in [4.69, 9.17) is 9.47 Å². The molecule has 2 N–H and O–H groups in total. The third kappa shape index (κ3) is 5.72. The molecule has 0 aliphatic rings. The molecule has 0 aliphatic carbocycles. The molecular weight excluding hydrogens is 340 g/mol. The van der Waals surface area contributed by atoms with Gasteiger partial charge in [0, 0.05) is 11.1 Å². The van der Waals surface area contributed by atoms with E-state index in [9.17, 15) is 10.2 Å². The summed E-state index contributed by atoms with van der Waals surface area (Å²) in [7, 11) is 0. The van der Waals surface area contributed by atoms with Crippen molar-refractivity contribution in [3.05, 3.63) is 58.7 Å². The summed E-state index contributed by atoms with van der Waals surface area (Å²) < 4.78 is 11.6. The highest BCUT2D eigenvalue weighted by Crippen LogP contribution is 2.35. The zero-order chi connectivity index (χ0) is 20.0. The third-order valence-electron chi connectivity index (χ3n) is 5.01. The van der Waals surface area contributed by atoms with Crippen LogP contribution >= 0.6 is 0 Å². The van der Waals surface area contributed by atoms with Crippen molar-refractivity contribution in [3.63, 3.8) is 0 Å². The van der Waals surface area contributed by atoms with Gasteiger partial charge in [-0.15, -0.1) is 0 Å². The topological polar surface area (TPSA) is 58.9 Å². The first-order valence-electron chi connectivity index (χ1n) is 9.46. The van der Waals surface area contributed by atoms with Gasteiger partial charge in [0.05, 0.1) is 13.2 Å². The fraction of sp³-hybridized carbons (Fsp3) is 0.478.